The summed E-state index contributed by atoms with van der Waals surface area (Å²) in [6, 6.07) is 19.7. The fraction of sp³-hybridized carbons (Fsp3) is 0.522. The molecule has 3 aliphatic rings. The van der Waals surface area contributed by atoms with E-state index in [2.05, 4.69) is 74.8 Å². The number of benzene rings is 2. The van der Waals surface area contributed by atoms with Crippen LogP contribution in [0.25, 0.3) is 11.3 Å². The fourth-order valence-electron chi connectivity index (χ4n) is 8.94. The van der Waals surface area contributed by atoms with Gasteiger partial charge in [-0.2, -0.15) is 5.10 Å². The molecule has 2 fully saturated rings. The highest BCUT2D eigenvalue weighted by Crippen LogP contribution is 2.42. The lowest BCUT2D eigenvalue weighted by Crippen LogP contribution is -2.37. The summed E-state index contributed by atoms with van der Waals surface area (Å²) in [4.78, 5) is 18.3. The van der Waals surface area contributed by atoms with Crippen LogP contribution in [0.3, 0.4) is 0 Å². The van der Waals surface area contributed by atoms with Gasteiger partial charge in [0.25, 0.3) is 0 Å². The van der Waals surface area contributed by atoms with Gasteiger partial charge in [-0.3, -0.25) is 9.20 Å². The van der Waals surface area contributed by atoms with Crippen molar-refractivity contribution < 1.29 is 18.7 Å². The van der Waals surface area contributed by atoms with Crippen LogP contribution in [0.2, 0.25) is 0 Å². The van der Waals surface area contributed by atoms with Crippen molar-refractivity contribution >= 4 is 23.3 Å². The predicted molar refractivity (Wildman–Crippen MR) is 226 cm³/mol. The monoisotopic (exact) mass is 790 g/mol. The molecule has 2 aromatic carbocycles. The van der Waals surface area contributed by atoms with E-state index >= 15 is 4.39 Å². The minimum Gasteiger partial charge on any atom is -0.484 e. The van der Waals surface area contributed by atoms with Gasteiger partial charge in [-0.15, -0.1) is 10.2 Å². The molecular weight excluding hydrogens is 732 g/mol. The molecule has 308 valence electrons. The highest BCUT2D eigenvalue weighted by molar-refractivity contribution is 5.90. The van der Waals surface area contributed by atoms with E-state index in [1.54, 1.807) is 17.9 Å². The van der Waals surface area contributed by atoms with Crippen LogP contribution in [0.15, 0.2) is 66.9 Å². The van der Waals surface area contributed by atoms with E-state index in [1.807, 2.05) is 30.5 Å². The second-order valence-electron chi connectivity index (χ2n) is 17.5. The summed E-state index contributed by atoms with van der Waals surface area (Å²) in [5.74, 6) is 2.37. The topological polar surface area (TPSA) is 102 Å². The zero-order valence-electron chi connectivity index (χ0n) is 34.6. The first-order valence-corrected chi connectivity index (χ1v) is 21.4. The molecule has 8 rings (SSSR count). The number of aromatic nitrogens is 5. The van der Waals surface area contributed by atoms with Crippen molar-refractivity contribution in [1.29, 1.82) is 0 Å². The van der Waals surface area contributed by atoms with Gasteiger partial charge in [0, 0.05) is 57.7 Å². The minimum atomic E-state index is -0.239. The summed E-state index contributed by atoms with van der Waals surface area (Å²) in [5.41, 5.74) is 5.35. The second-order valence-corrected chi connectivity index (χ2v) is 17.5. The average molecular weight is 791 g/mol. The molecule has 5 heterocycles. The van der Waals surface area contributed by atoms with E-state index in [-0.39, 0.29) is 23.2 Å². The number of ether oxygens (including phenoxy) is 2. The Balaban J connectivity index is 0.901. The van der Waals surface area contributed by atoms with Gasteiger partial charge >= 0.3 is 0 Å². The molecule has 2 atom stereocenters. The van der Waals surface area contributed by atoms with Crippen LogP contribution in [0.4, 0.5) is 16.2 Å². The first-order chi connectivity index (χ1) is 28.1. The molecule has 0 saturated carbocycles. The zero-order valence-corrected chi connectivity index (χ0v) is 34.6. The number of fused-ring (bicyclic) bond motifs is 2. The number of likely N-dealkylation sites (tertiary alicyclic amines) is 1. The largest absolute Gasteiger partial charge is 0.484 e. The van der Waals surface area contributed by atoms with Crippen molar-refractivity contribution in [3.8, 4) is 11.4 Å². The van der Waals surface area contributed by atoms with Crippen molar-refractivity contribution in [3.63, 3.8) is 0 Å². The zero-order chi connectivity index (χ0) is 40.2. The molecule has 1 amide bonds. The number of hydrogen-bond donors (Lipinski definition) is 1. The summed E-state index contributed by atoms with van der Waals surface area (Å²) in [7, 11) is 1.77. The maximum absolute atomic E-state index is 15.1. The normalized spacial score (nSPS) is 19.4. The number of hydrogen-bond acceptors (Lipinski definition) is 8. The average Bonchev–Trinajstić information content (AvgIpc) is 3.86. The number of pyridine rings is 1. The Morgan fingerprint density at radius 2 is 1.71 bits per heavy atom. The number of halogens is 1. The Hall–Kier alpha value is -4.81. The van der Waals surface area contributed by atoms with Crippen molar-refractivity contribution in [2.45, 2.75) is 115 Å². The van der Waals surface area contributed by atoms with Crippen LogP contribution >= 0.6 is 0 Å². The molecule has 0 bridgehead atoms. The third kappa shape index (κ3) is 9.08. The SMILES string of the molecule is COC1CCN(CCc2cc(-n3nc(C(C)(C)C)cc3NC(=O)CCCC3CC[C@@H](Oc4ccc5nnc(N6CCCCC6)n5c4)c4ccccc43)ccc2F)CC1. The molecule has 58 heavy (non-hydrogen) atoms. The molecule has 11 nitrogen and oxygen atoms in total. The second kappa shape index (κ2) is 17.6. The van der Waals surface area contributed by atoms with Crippen LogP contribution < -0.4 is 15.0 Å². The van der Waals surface area contributed by atoms with Crippen molar-refractivity contribution in [1.82, 2.24) is 29.3 Å². The van der Waals surface area contributed by atoms with Crippen LogP contribution in [0.1, 0.15) is 119 Å². The van der Waals surface area contributed by atoms with E-state index in [0.29, 0.717) is 36.2 Å². The minimum absolute atomic E-state index is 0.0537. The van der Waals surface area contributed by atoms with Crippen molar-refractivity contribution in [2.75, 3.05) is 50.1 Å². The van der Waals surface area contributed by atoms with Crippen LogP contribution in [-0.4, -0.2) is 81.1 Å². The van der Waals surface area contributed by atoms with Gasteiger partial charge in [-0.25, -0.2) is 9.07 Å². The van der Waals surface area contributed by atoms with Gasteiger partial charge in [-0.05, 0) is 117 Å². The van der Waals surface area contributed by atoms with E-state index in [1.165, 1.54) is 36.5 Å². The Morgan fingerprint density at radius 3 is 2.48 bits per heavy atom. The first-order valence-electron chi connectivity index (χ1n) is 21.4. The number of carbonyl (C=O) groups is 1. The van der Waals surface area contributed by atoms with E-state index in [9.17, 15) is 4.79 Å². The summed E-state index contributed by atoms with van der Waals surface area (Å²) in [6.45, 7) is 11.0. The summed E-state index contributed by atoms with van der Waals surface area (Å²) in [5, 5.41) is 17.0. The fourth-order valence-corrected chi connectivity index (χ4v) is 8.94. The van der Waals surface area contributed by atoms with Gasteiger partial charge in [-0.1, -0.05) is 45.0 Å². The summed E-state index contributed by atoms with van der Waals surface area (Å²) < 4.78 is 31.2. The molecule has 2 aliphatic heterocycles. The van der Waals surface area contributed by atoms with Gasteiger partial charge < -0.3 is 24.6 Å². The molecule has 3 aromatic heterocycles. The molecule has 0 spiro atoms. The Labute approximate surface area is 341 Å². The smallest absolute Gasteiger partial charge is 0.231 e. The highest BCUT2D eigenvalue weighted by atomic mass is 19.1. The summed E-state index contributed by atoms with van der Waals surface area (Å²) in [6.07, 6.45) is 12.4. The van der Waals surface area contributed by atoms with Crippen molar-refractivity contribution in [3.05, 3.63) is 95.1 Å². The maximum Gasteiger partial charge on any atom is 0.231 e. The number of anilines is 2. The molecule has 0 radical (unpaired) electrons. The van der Waals surface area contributed by atoms with Crippen LogP contribution in [-0.2, 0) is 21.4 Å². The molecule has 5 aromatic rings. The first kappa shape index (κ1) is 40.0. The van der Waals surface area contributed by atoms with Gasteiger partial charge in [0.1, 0.15) is 23.5 Å². The molecule has 2 saturated heterocycles. The lowest BCUT2D eigenvalue weighted by molar-refractivity contribution is -0.116. The number of amides is 1. The molecular formula is C46H59FN8O3. The van der Waals surface area contributed by atoms with E-state index in [4.69, 9.17) is 14.6 Å². The third-order valence-corrected chi connectivity index (χ3v) is 12.4. The predicted octanol–water partition coefficient (Wildman–Crippen LogP) is 8.80. The number of rotatable bonds is 13. The molecule has 12 heteroatoms. The number of nitrogens with zero attached hydrogens (tertiary/aromatic N) is 7. The van der Waals surface area contributed by atoms with Gasteiger partial charge in [0.05, 0.1) is 23.7 Å². The van der Waals surface area contributed by atoms with Gasteiger partial charge in [0.15, 0.2) is 5.65 Å². The van der Waals surface area contributed by atoms with E-state index in [0.717, 1.165) is 100.0 Å². The van der Waals surface area contributed by atoms with Gasteiger partial charge in [0.2, 0.25) is 11.9 Å². The molecule has 1 aliphatic carbocycles. The quantitative estimate of drug-likeness (QED) is 0.126. The lowest BCUT2D eigenvalue weighted by atomic mass is 9.79. The van der Waals surface area contributed by atoms with Crippen LogP contribution in [0.5, 0.6) is 5.75 Å². The number of nitrogens with one attached hydrogen (secondary N) is 1. The number of carbonyl (C=O) groups excluding carboxylic acids is 1. The Kier molecular flexibility index (Phi) is 12.1. The highest BCUT2D eigenvalue weighted by Gasteiger charge is 2.29. The van der Waals surface area contributed by atoms with E-state index < -0.39 is 0 Å². The number of methoxy groups -OCH3 is 1. The summed E-state index contributed by atoms with van der Waals surface area (Å²) >= 11 is 0. The lowest BCUT2D eigenvalue weighted by Gasteiger charge is -2.32. The maximum atomic E-state index is 15.1. The van der Waals surface area contributed by atoms with Crippen molar-refractivity contribution in [2.24, 2.45) is 0 Å². The Bertz CT molecular complexity index is 2180. The number of piperidine rings is 2. The third-order valence-electron chi connectivity index (χ3n) is 12.4. The van der Waals surface area contributed by atoms with Crippen LogP contribution in [0, 0.1) is 5.82 Å². The molecule has 1 unspecified atom stereocenters. The Morgan fingerprint density at radius 1 is 0.914 bits per heavy atom. The molecule has 1 N–H and O–H groups in total. The standard InChI is InChI=1S/C46H59FN8O3/c1-46(2,3)41-30-43(55(51-41)34-16-18-39(47)33(29-34)21-26-52-27-22-35(57-4)23-28-52)48-44(56)14-10-11-32-15-19-40(38-13-7-6-12-37(32)38)58-36-17-20-42-49-50-45(54(42)31-36)53-24-8-5-9-25-53/h6-7,12-13,16-18,20,29-32,35,40H,5,8-11,14-15,19,21-28H2,1-4H3,(H,48,56)/t32?,40-/m1/s1.